The summed E-state index contributed by atoms with van der Waals surface area (Å²) < 4.78 is 0. The maximum atomic E-state index is 2.50. The molecule has 0 aromatic carbocycles. The molecule has 2 bridgehead atoms. The van der Waals surface area contributed by atoms with E-state index in [1.807, 2.05) is 0 Å². The van der Waals surface area contributed by atoms with Gasteiger partial charge in [0.15, 0.2) is 0 Å². The second-order valence-electron chi connectivity index (χ2n) is 5.34. The number of hydrogen-bond donors (Lipinski definition) is 0. The molecule has 0 heteroatoms. The Morgan fingerprint density at radius 3 is 2.31 bits per heavy atom. The molecule has 0 nitrogen and oxygen atoms in total. The van der Waals surface area contributed by atoms with E-state index in [0.29, 0.717) is 0 Å². The maximum absolute atomic E-state index is 2.50. The van der Waals surface area contributed by atoms with Crippen LogP contribution in [0.15, 0.2) is 11.6 Å². The minimum atomic E-state index is 1.12. The Balaban J connectivity index is 1.79. The zero-order chi connectivity index (χ0) is 8.84. The number of hydrogen-bond acceptors (Lipinski definition) is 0. The molecule has 0 aromatic heterocycles. The van der Waals surface area contributed by atoms with Crippen molar-refractivity contribution < 1.29 is 0 Å². The van der Waals surface area contributed by atoms with Gasteiger partial charge >= 0.3 is 0 Å². The SMILES string of the molecule is CCC=C1C[C@@H]2[C@@H]3CC[C@H](C3)[C@H]2C1. The molecular formula is C13H20. The number of fused-ring (bicyclic) bond motifs is 5. The second kappa shape index (κ2) is 2.87. The highest BCUT2D eigenvalue weighted by atomic mass is 14.5. The smallest absolute Gasteiger partial charge is 0.0286 e. The first-order valence-corrected chi connectivity index (χ1v) is 6.06. The molecule has 0 unspecified atom stereocenters. The van der Waals surface area contributed by atoms with E-state index in [-0.39, 0.29) is 0 Å². The average Bonchev–Trinajstić information content (AvgIpc) is 2.72. The maximum Gasteiger partial charge on any atom is -0.0286 e. The van der Waals surface area contributed by atoms with Crippen LogP contribution < -0.4 is 0 Å². The topological polar surface area (TPSA) is 0 Å². The van der Waals surface area contributed by atoms with Gasteiger partial charge in [-0.15, -0.1) is 0 Å². The monoisotopic (exact) mass is 176 g/mol. The quantitative estimate of drug-likeness (QED) is 0.533. The Kier molecular flexibility index (Phi) is 1.78. The van der Waals surface area contributed by atoms with Crippen molar-refractivity contribution in [3.63, 3.8) is 0 Å². The minimum absolute atomic E-state index is 1.12. The van der Waals surface area contributed by atoms with Crippen LogP contribution in [0.2, 0.25) is 0 Å². The van der Waals surface area contributed by atoms with Gasteiger partial charge in [0.2, 0.25) is 0 Å². The highest BCUT2D eigenvalue weighted by molar-refractivity contribution is 5.16. The Morgan fingerprint density at radius 2 is 1.77 bits per heavy atom. The summed E-state index contributed by atoms with van der Waals surface area (Å²) in [5.74, 6) is 4.52. The lowest BCUT2D eigenvalue weighted by Gasteiger charge is -2.23. The number of rotatable bonds is 1. The van der Waals surface area contributed by atoms with E-state index in [2.05, 4.69) is 13.0 Å². The molecule has 3 saturated carbocycles. The van der Waals surface area contributed by atoms with Crippen LogP contribution in [0.5, 0.6) is 0 Å². The van der Waals surface area contributed by atoms with Gasteiger partial charge in [-0.3, -0.25) is 0 Å². The summed E-state index contributed by atoms with van der Waals surface area (Å²) in [6, 6.07) is 0. The van der Waals surface area contributed by atoms with Crippen LogP contribution in [0.4, 0.5) is 0 Å². The highest BCUT2D eigenvalue weighted by Crippen LogP contribution is 2.59. The third-order valence-electron chi connectivity index (χ3n) is 4.76. The van der Waals surface area contributed by atoms with Gasteiger partial charge in [0.05, 0.1) is 0 Å². The predicted molar refractivity (Wildman–Crippen MR) is 55.4 cm³/mol. The van der Waals surface area contributed by atoms with Crippen LogP contribution in [-0.4, -0.2) is 0 Å². The summed E-state index contributed by atoms with van der Waals surface area (Å²) >= 11 is 0. The van der Waals surface area contributed by atoms with Crippen molar-refractivity contribution in [2.24, 2.45) is 23.7 Å². The predicted octanol–water partition coefficient (Wildman–Crippen LogP) is 3.78. The fourth-order valence-electron chi connectivity index (χ4n) is 4.31. The van der Waals surface area contributed by atoms with Crippen molar-refractivity contribution >= 4 is 0 Å². The van der Waals surface area contributed by atoms with Crippen molar-refractivity contribution in [3.05, 3.63) is 11.6 Å². The molecule has 0 amide bonds. The Hall–Kier alpha value is -0.260. The van der Waals surface area contributed by atoms with Gasteiger partial charge in [0.25, 0.3) is 0 Å². The van der Waals surface area contributed by atoms with Crippen LogP contribution in [0.3, 0.4) is 0 Å². The lowest BCUT2D eigenvalue weighted by Crippen LogP contribution is -2.15. The van der Waals surface area contributed by atoms with Crippen molar-refractivity contribution in [2.75, 3.05) is 0 Å². The zero-order valence-electron chi connectivity index (χ0n) is 8.63. The third kappa shape index (κ3) is 1.11. The molecule has 72 valence electrons. The molecule has 3 rings (SSSR count). The van der Waals surface area contributed by atoms with E-state index in [4.69, 9.17) is 0 Å². The number of allylic oxidation sites excluding steroid dienone is 2. The molecular weight excluding hydrogens is 156 g/mol. The molecule has 3 aliphatic carbocycles. The summed E-state index contributed by atoms with van der Waals surface area (Å²) in [5, 5.41) is 0. The van der Waals surface area contributed by atoms with Crippen molar-refractivity contribution in [2.45, 2.75) is 45.4 Å². The third-order valence-corrected chi connectivity index (χ3v) is 4.76. The fraction of sp³-hybridized carbons (Fsp3) is 0.846. The van der Waals surface area contributed by atoms with E-state index in [9.17, 15) is 0 Å². The van der Waals surface area contributed by atoms with Gasteiger partial charge in [-0.1, -0.05) is 18.6 Å². The van der Waals surface area contributed by atoms with Crippen molar-refractivity contribution in [1.29, 1.82) is 0 Å². The summed E-state index contributed by atoms with van der Waals surface area (Å²) in [6.45, 7) is 2.27. The van der Waals surface area contributed by atoms with Crippen molar-refractivity contribution in [1.82, 2.24) is 0 Å². The Labute approximate surface area is 81.4 Å². The van der Waals surface area contributed by atoms with Crippen molar-refractivity contribution in [3.8, 4) is 0 Å². The molecule has 0 aromatic rings. The largest absolute Gasteiger partial charge is 0.0856 e. The van der Waals surface area contributed by atoms with Gasteiger partial charge in [-0.2, -0.15) is 0 Å². The minimum Gasteiger partial charge on any atom is -0.0856 e. The molecule has 3 aliphatic rings. The second-order valence-corrected chi connectivity index (χ2v) is 5.34. The van der Waals surface area contributed by atoms with Crippen LogP contribution in [0.1, 0.15) is 45.4 Å². The summed E-state index contributed by atoms with van der Waals surface area (Å²) in [4.78, 5) is 0. The highest BCUT2D eigenvalue weighted by Gasteiger charge is 2.50. The van der Waals surface area contributed by atoms with Crippen LogP contribution in [0, 0.1) is 23.7 Å². The van der Waals surface area contributed by atoms with E-state index in [1.54, 1.807) is 24.8 Å². The molecule has 0 saturated heterocycles. The van der Waals surface area contributed by atoms with Gasteiger partial charge in [0.1, 0.15) is 0 Å². The standard InChI is InChI=1S/C13H20/c1-2-3-9-6-12-10-4-5-11(8-10)13(12)7-9/h3,10-13H,2,4-8H2,1H3/t10-,11-,12-,13-/m1/s1. The summed E-state index contributed by atoms with van der Waals surface area (Å²) in [5.41, 5.74) is 1.80. The van der Waals surface area contributed by atoms with Crippen LogP contribution in [0.25, 0.3) is 0 Å². The first-order valence-electron chi connectivity index (χ1n) is 6.06. The van der Waals surface area contributed by atoms with E-state index in [1.165, 1.54) is 19.3 Å². The molecule has 0 spiro atoms. The van der Waals surface area contributed by atoms with E-state index >= 15 is 0 Å². The fourth-order valence-corrected chi connectivity index (χ4v) is 4.31. The molecule has 0 heterocycles. The molecule has 13 heavy (non-hydrogen) atoms. The molecule has 0 N–H and O–H groups in total. The van der Waals surface area contributed by atoms with Gasteiger partial charge in [0, 0.05) is 0 Å². The Bertz CT molecular complexity index is 218. The molecule has 3 fully saturated rings. The summed E-state index contributed by atoms with van der Waals surface area (Å²) in [7, 11) is 0. The molecule has 4 atom stereocenters. The van der Waals surface area contributed by atoms with Gasteiger partial charge in [-0.05, 0) is 62.2 Å². The normalized spacial score (nSPS) is 47.0. The van der Waals surface area contributed by atoms with Crippen LogP contribution in [-0.2, 0) is 0 Å². The summed E-state index contributed by atoms with van der Waals surface area (Å²) in [6.07, 6.45) is 11.4. The first-order chi connectivity index (χ1) is 6.38. The average molecular weight is 176 g/mol. The lowest BCUT2D eigenvalue weighted by atomic mass is 9.82. The molecule has 0 radical (unpaired) electrons. The Morgan fingerprint density at radius 1 is 1.15 bits per heavy atom. The van der Waals surface area contributed by atoms with Crippen LogP contribution >= 0.6 is 0 Å². The van der Waals surface area contributed by atoms with Gasteiger partial charge in [-0.25, -0.2) is 0 Å². The van der Waals surface area contributed by atoms with E-state index < -0.39 is 0 Å². The van der Waals surface area contributed by atoms with E-state index in [0.717, 1.165) is 23.7 Å². The zero-order valence-corrected chi connectivity index (χ0v) is 8.63. The lowest BCUT2D eigenvalue weighted by molar-refractivity contribution is 0.259. The van der Waals surface area contributed by atoms with Gasteiger partial charge < -0.3 is 0 Å². The first kappa shape index (κ1) is 8.08. The molecule has 0 aliphatic heterocycles.